The lowest BCUT2D eigenvalue weighted by molar-refractivity contribution is 0.287. The molecule has 2 aromatic rings. The van der Waals surface area contributed by atoms with Crippen LogP contribution in [-0.4, -0.2) is 54.1 Å². The minimum absolute atomic E-state index is 0.0350. The van der Waals surface area contributed by atoms with Gasteiger partial charge in [-0.1, -0.05) is 0 Å². The molecule has 0 aromatic heterocycles. The predicted molar refractivity (Wildman–Crippen MR) is 125 cm³/mol. The van der Waals surface area contributed by atoms with Gasteiger partial charge in [0.15, 0.2) is 11.5 Å². The van der Waals surface area contributed by atoms with Gasteiger partial charge in [-0.2, -0.15) is 4.31 Å². The molecule has 1 N–H and O–H groups in total. The molecule has 182 valence electrons. The third-order valence-electron chi connectivity index (χ3n) is 5.00. The van der Waals surface area contributed by atoms with Crippen LogP contribution in [0, 0.1) is 0 Å². The Morgan fingerprint density at radius 1 is 0.788 bits per heavy atom. The summed E-state index contributed by atoms with van der Waals surface area (Å²) in [4.78, 5) is -0.0969. The van der Waals surface area contributed by atoms with Crippen molar-refractivity contribution in [1.82, 2.24) is 4.31 Å². The maximum atomic E-state index is 13.2. The van der Waals surface area contributed by atoms with E-state index in [0.29, 0.717) is 37.8 Å². The van der Waals surface area contributed by atoms with E-state index < -0.39 is 20.0 Å². The average Bonchev–Trinajstić information content (AvgIpc) is 3.32. The molecule has 0 amide bonds. The molecule has 1 aliphatic rings. The van der Waals surface area contributed by atoms with Crippen molar-refractivity contribution >= 4 is 25.7 Å². The smallest absolute Gasteiger partial charge is 0.262 e. The lowest BCUT2D eigenvalue weighted by Crippen LogP contribution is -2.28. The molecule has 0 bridgehead atoms. The number of sulfonamides is 2. The number of hydrogen-bond acceptors (Lipinski definition) is 7. The van der Waals surface area contributed by atoms with E-state index in [9.17, 15) is 16.8 Å². The highest BCUT2D eigenvalue weighted by molar-refractivity contribution is 7.92. The highest BCUT2D eigenvalue weighted by atomic mass is 32.2. The quantitative estimate of drug-likeness (QED) is 0.505. The molecule has 0 unspecified atom stereocenters. The average molecular weight is 499 g/mol. The Morgan fingerprint density at radius 3 is 2.00 bits per heavy atom. The van der Waals surface area contributed by atoms with Crippen LogP contribution in [0.1, 0.15) is 33.6 Å². The van der Waals surface area contributed by atoms with E-state index in [1.165, 1.54) is 40.7 Å². The van der Waals surface area contributed by atoms with E-state index in [1.54, 1.807) is 13.8 Å². The Hall–Kier alpha value is -2.50. The molecule has 3 rings (SSSR count). The summed E-state index contributed by atoms with van der Waals surface area (Å²) in [6, 6.07) is 8.57. The molecule has 1 saturated heterocycles. The molecule has 1 aliphatic heterocycles. The first-order valence-electron chi connectivity index (χ1n) is 10.9. The van der Waals surface area contributed by atoms with Crippen LogP contribution in [0.25, 0.3) is 0 Å². The van der Waals surface area contributed by atoms with Crippen LogP contribution in [-0.2, 0) is 20.0 Å². The first-order chi connectivity index (χ1) is 15.7. The van der Waals surface area contributed by atoms with Crippen molar-refractivity contribution in [1.29, 1.82) is 0 Å². The molecular weight excluding hydrogens is 468 g/mol. The van der Waals surface area contributed by atoms with Crippen molar-refractivity contribution < 1.29 is 31.0 Å². The van der Waals surface area contributed by atoms with Gasteiger partial charge in [-0.3, -0.25) is 4.72 Å². The van der Waals surface area contributed by atoms with E-state index >= 15 is 0 Å². The van der Waals surface area contributed by atoms with E-state index in [1.807, 2.05) is 6.92 Å². The van der Waals surface area contributed by atoms with Crippen LogP contribution in [0.15, 0.2) is 46.2 Å². The van der Waals surface area contributed by atoms with Crippen molar-refractivity contribution in [2.45, 2.75) is 43.4 Å². The molecular formula is C22H30N2O7S2. The molecule has 33 heavy (non-hydrogen) atoms. The number of rotatable bonds is 11. The summed E-state index contributed by atoms with van der Waals surface area (Å²) in [5.74, 6) is 0.941. The highest BCUT2D eigenvalue weighted by Crippen LogP contribution is 2.34. The van der Waals surface area contributed by atoms with Crippen LogP contribution in [0.3, 0.4) is 0 Å². The Labute approximate surface area is 195 Å². The molecule has 0 aliphatic carbocycles. The molecule has 9 nitrogen and oxygen atoms in total. The third-order valence-corrected chi connectivity index (χ3v) is 8.30. The molecule has 0 spiro atoms. The number of nitrogens with zero attached hydrogens (tertiary/aromatic N) is 1. The second kappa shape index (κ2) is 10.6. The Morgan fingerprint density at radius 2 is 1.36 bits per heavy atom. The Bertz CT molecular complexity index is 1180. The summed E-state index contributed by atoms with van der Waals surface area (Å²) in [6.07, 6.45) is 1.57. The third kappa shape index (κ3) is 5.71. The predicted octanol–water partition coefficient (Wildman–Crippen LogP) is 3.47. The van der Waals surface area contributed by atoms with Gasteiger partial charge in [-0.05, 0) is 63.9 Å². The Balaban J connectivity index is 1.96. The number of ether oxygens (including phenoxy) is 3. The van der Waals surface area contributed by atoms with E-state index in [4.69, 9.17) is 14.2 Å². The fourth-order valence-corrected chi connectivity index (χ4v) is 6.27. The van der Waals surface area contributed by atoms with Crippen LogP contribution in [0.2, 0.25) is 0 Å². The molecule has 11 heteroatoms. The molecule has 1 fully saturated rings. The lowest BCUT2D eigenvalue weighted by Gasteiger charge is -2.19. The first kappa shape index (κ1) is 25.1. The molecule has 0 saturated carbocycles. The van der Waals surface area contributed by atoms with Gasteiger partial charge in [-0.25, -0.2) is 16.8 Å². The van der Waals surface area contributed by atoms with Crippen molar-refractivity contribution in [3.05, 3.63) is 36.4 Å². The van der Waals surface area contributed by atoms with Gasteiger partial charge in [-0.15, -0.1) is 0 Å². The number of anilines is 1. The SMILES string of the molecule is CCOc1ccc(S(=O)(=O)Nc2ccc(OCC)c(S(=O)(=O)N3CCCC3)c2)cc1OCC. The fourth-order valence-electron chi connectivity index (χ4n) is 3.53. The van der Waals surface area contributed by atoms with Crippen molar-refractivity contribution in [3.63, 3.8) is 0 Å². The summed E-state index contributed by atoms with van der Waals surface area (Å²) >= 11 is 0. The molecule has 1 heterocycles. The number of hydrogen-bond donors (Lipinski definition) is 1. The maximum Gasteiger partial charge on any atom is 0.262 e. The summed E-state index contributed by atoms with van der Waals surface area (Å²) < 4.78 is 72.8. The normalized spacial score (nSPS) is 14.8. The largest absolute Gasteiger partial charge is 0.492 e. The minimum Gasteiger partial charge on any atom is -0.492 e. The van der Waals surface area contributed by atoms with Crippen LogP contribution in [0.5, 0.6) is 17.2 Å². The van der Waals surface area contributed by atoms with Crippen molar-refractivity contribution in [3.8, 4) is 17.2 Å². The second-order valence-corrected chi connectivity index (χ2v) is 10.9. The second-order valence-electron chi connectivity index (χ2n) is 7.29. The minimum atomic E-state index is -4.03. The zero-order valence-electron chi connectivity index (χ0n) is 19.0. The van der Waals surface area contributed by atoms with Crippen LogP contribution < -0.4 is 18.9 Å². The zero-order valence-corrected chi connectivity index (χ0v) is 20.7. The molecule has 0 radical (unpaired) electrons. The van der Waals surface area contributed by atoms with Crippen molar-refractivity contribution in [2.75, 3.05) is 37.6 Å². The topological polar surface area (TPSA) is 111 Å². The summed E-state index contributed by atoms with van der Waals surface area (Å²) in [6.45, 7) is 7.24. The van der Waals surface area contributed by atoms with Gasteiger partial charge in [0.2, 0.25) is 10.0 Å². The monoisotopic (exact) mass is 498 g/mol. The number of benzene rings is 2. The van der Waals surface area contributed by atoms with Crippen LogP contribution in [0.4, 0.5) is 5.69 Å². The first-order valence-corrected chi connectivity index (χ1v) is 13.8. The highest BCUT2D eigenvalue weighted by Gasteiger charge is 2.31. The summed E-state index contributed by atoms with van der Waals surface area (Å²) in [5, 5.41) is 0. The summed E-state index contributed by atoms with van der Waals surface area (Å²) in [5.41, 5.74) is 0.114. The summed E-state index contributed by atoms with van der Waals surface area (Å²) in [7, 11) is -7.85. The van der Waals surface area contributed by atoms with Crippen LogP contribution >= 0.6 is 0 Å². The maximum absolute atomic E-state index is 13.2. The van der Waals surface area contributed by atoms with Gasteiger partial charge in [0.05, 0.1) is 30.4 Å². The van der Waals surface area contributed by atoms with E-state index in [-0.39, 0.29) is 27.8 Å². The standard InChI is InChI=1S/C22H30N2O7S2/c1-4-29-19-12-10-18(16-21(19)31-6-3)32(25,26)23-17-9-11-20(30-5-2)22(15-17)33(27,28)24-13-7-8-14-24/h9-12,15-16,23H,4-8,13-14H2,1-3H3. The zero-order chi connectivity index (χ0) is 24.1. The van der Waals surface area contributed by atoms with Gasteiger partial charge >= 0.3 is 0 Å². The molecule has 2 aromatic carbocycles. The number of nitrogens with one attached hydrogen (secondary N) is 1. The van der Waals surface area contributed by atoms with Gasteiger partial charge in [0.1, 0.15) is 10.6 Å². The van der Waals surface area contributed by atoms with Crippen molar-refractivity contribution in [2.24, 2.45) is 0 Å². The van der Waals surface area contributed by atoms with Gasteiger partial charge in [0, 0.05) is 19.2 Å². The van der Waals surface area contributed by atoms with E-state index in [2.05, 4.69) is 4.72 Å². The van der Waals surface area contributed by atoms with Gasteiger partial charge < -0.3 is 14.2 Å². The molecule has 0 atom stereocenters. The fraction of sp³-hybridized carbons (Fsp3) is 0.455. The lowest BCUT2D eigenvalue weighted by atomic mass is 10.3. The van der Waals surface area contributed by atoms with Gasteiger partial charge in [0.25, 0.3) is 10.0 Å². The Kier molecular flexibility index (Phi) is 8.09. The van der Waals surface area contributed by atoms with E-state index in [0.717, 1.165) is 12.8 Å².